The number of benzene rings is 3. The van der Waals surface area contributed by atoms with Crippen molar-refractivity contribution in [2.45, 2.75) is 13.0 Å². The van der Waals surface area contributed by atoms with Crippen LogP contribution in [-0.4, -0.2) is 23.0 Å². The predicted molar refractivity (Wildman–Crippen MR) is 115 cm³/mol. The lowest BCUT2D eigenvalue weighted by Crippen LogP contribution is -2.30. The van der Waals surface area contributed by atoms with Crippen molar-refractivity contribution in [1.82, 2.24) is 4.98 Å². The number of anilines is 1. The Kier molecular flexibility index (Phi) is 5.35. The van der Waals surface area contributed by atoms with Crippen molar-refractivity contribution in [1.29, 1.82) is 0 Å². The van der Waals surface area contributed by atoms with Crippen LogP contribution >= 0.6 is 11.3 Å². The van der Waals surface area contributed by atoms with Gasteiger partial charge >= 0.3 is 5.97 Å². The number of nitrogens with one attached hydrogen (secondary N) is 1. The number of ether oxygens (including phenoxy) is 1. The van der Waals surface area contributed by atoms with Crippen molar-refractivity contribution in [2.24, 2.45) is 0 Å². The summed E-state index contributed by atoms with van der Waals surface area (Å²) in [7, 11) is 0. The van der Waals surface area contributed by atoms with E-state index in [1.165, 1.54) is 11.3 Å². The predicted octanol–water partition coefficient (Wildman–Crippen LogP) is 5.15. The minimum absolute atomic E-state index is 0.194. The van der Waals surface area contributed by atoms with E-state index < -0.39 is 18.0 Å². The van der Waals surface area contributed by atoms with Gasteiger partial charge in [-0.3, -0.25) is 4.79 Å². The first-order valence-corrected chi connectivity index (χ1v) is 10.00. The van der Waals surface area contributed by atoms with Crippen molar-refractivity contribution >= 4 is 39.7 Å². The fraction of sp³-hybridized carbons (Fsp3) is 0.0870. The maximum atomic E-state index is 12.4. The second kappa shape index (κ2) is 8.24. The van der Waals surface area contributed by atoms with Gasteiger partial charge in [0.15, 0.2) is 11.8 Å². The van der Waals surface area contributed by atoms with E-state index in [0.29, 0.717) is 5.69 Å². The molecule has 4 rings (SSSR count). The van der Waals surface area contributed by atoms with E-state index in [1.807, 2.05) is 72.8 Å². The Morgan fingerprint density at radius 2 is 1.69 bits per heavy atom. The van der Waals surface area contributed by atoms with Crippen molar-refractivity contribution in [3.63, 3.8) is 0 Å². The van der Waals surface area contributed by atoms with Gasteiger partial charge in [0.25, 0.3) is 5.91 Å². The highest BCUT2D eigenvalue weighted by atomic mass is 32.1. The molecular weight excluding hydrogens is 384 g/mol. The summed E-state index contributed by atoms with van der Waals surface area (Å²) in [4.78, 5) is 29.1. The van der Waals surface area contributed by atoms with E-state index in [0.717, 1.165) is 21.3 Å². The van der Waals surface area contributed by atoms with E-state index in [4.69, 9.17) is 4.74 Å². The van der Waals surface area contributed by atoms with E-state index in [1.54, 1.807) is 12.3 Å². The van der Waals surface area contributed by atoms with Crippen LogP contribution in [0.5, 0.6) is 0 Å². The van der Waals surface area contributed by atoms with Crippen LogP contribution in [0.1, 0.15) is 17.4 Å². The molecule has 29 heavy (non-hydrogen) atoms. The average molecular weight is 402 g/mol. The quantitative estimate of drug-likeness (QED) is 0.469. The number of hydrogen-bond acceptors (Lipinski definition) is 5. The third-order valence-electron chi connectivity index (χ3n) is 4.40. The maximum Gasteiger partial charge on any atom is 0.358 e. The van der Waals surface area contributed by atoms with E-state index in [-0.39, 0.29) is 5.69 Å². The summed E-state index contributed by atoms with van der Waals surface area (Å²) in [6.07, 6.45) is -0.948. The summed E-state index contributed by atoms with van der Waals surface area (Å²) in [5, 5.41) is 7.26. The molecule has 0 saturated carbocycles. The van der Waals surface area contributed by atoms with Gasteiger partial charge < -0.3 is 10.1 Å². The molecule has 6 heteroatoms. The van der Waals surface area contributed by atoms with Gasteiger partial charge in [-0.2, -0.15) is 0 Å². The molecule has 0 aliphatic rings. The normalized spacial score (nSPS) is 11.8. The minimum Gasteiger partial charge on any atom is -0.448 e. The average Bonchev–Trinajstić information content (AvgIpc) is 3.25. The Hall–Kier alpha value is -3.51. The molecule has 144 valence electrons. The molecule has 0 unspecified atom stereocenters. The number of aromatic nitrogens is 1. The molecule has 0 aliphatic heterocycles. The zero-order valence-corrected chi connectivity index (χ0v) is 16.5. The fourth-order valence-corrected chi connectivity index (χ4v) is 3.66. The summed E-state index contributed by atoms with van der Waals surface area (Å²) >= 11 is 1.36. The van der Waals surface area contributed by atoms with Gasteiger partial charge in [-0.15, -0.1) is 11.3 Å². The zero-order valence-electron chi connectivity index (χ0n) is 15.7. The number of esters is 1. The SMILES string of the molecule is C[C@@H](OC(=O)c1csc(-c2ccccc2)n1)C(=O)Nc1ccc2ccccc2c1. The van der Waals surface area contributed by atoms with Crippen LogP contribution < -0.4 is 5.32 Å². The molecule has 0 bridgehead atoms. The number of thiazole rings is 1. The standard InChI is InChI=1S/C23H18N2O3S/c1-15(21(26)24-19-12-11-16-7-5-6-10-18(16)13-19)28-23(27)20-14-29-22(25-20)17-8-3-2-4-9-17/h2-15H,1H3,(H,24,26)/t15-/m1/s1. The number of rotatable bonds is 5. The molecule has 0 aliphatic carbocycles. The van der Waals surface area contributed by atoms with E-state index >= 15 is 0 Å². The third kappa shape index (κ3) is 4.33. The summed E-state index contributed by atoms with van der Waals surface area (Å²) in [6, 6.07) is 23.1. The van der Waals surface area contributed by atoms with Crippen LogP contribution in [0.4, 0.5) is 5.69 Å². The first-order valence-electron chi connectivity index (χ1n) is 9.12. The second-order valence-electron chi connectivity index (χ2n) is 6.50. The molecule has 0 fully saturated rings. The summed E-state index contributed by atoms with van der Waals surface area (Å²) in [5.74, 6) is -1.02. The largest absolute Gasteiger partial charge is 0.448 e. The number of carbonyl (C=O) groups is 2. The zero-order chi connectivity index (χ0) is 20.2. The van der Waals surface area contributed by atoms with Gasteiger partial charge in [0, 0.05) is 16.6 Å². The number of carbonyl (C=O) groups excluding carboxylic acids is 2. The number of hydrogen-bond donors (Lipinski definition) is 1. The van der Waals surface area contributed by atoms with Gasteiger partial charge in [-0.05, 0) is 29.8 Å². The van der Waals surface area contributed by atoms with Crippen molar-refractivity contribution in [2.75, 3.05) is 5.32 Å². The van der Waals surface area contributed by atoms with Crippen molar-refractivity contribution in [3.05, 3.63) is 83.9 Å². The molecule has 1 heterocycles. The molecule has 0 radical (unpaired) electrons. The smallest absolute Gasteiger partial charge is 0.358 e. The van der Waals surface area contributed by atoms with Crippen LogP contribution in [0.25, 0.3) is 21.3 Å². The van der Waals surface area contributed by atoms with Crippen LogP contribution in [0.3, 0.4) is 0 Å². The monoisotopic (exact) mass is 402 g/mol. The van der Waals surface area contributed by atoms with E-state index in [2.05, 4.69) is 10.3 Å². The first kappa shape index (κ1) is 18.8. The molecule has 1 amide bonds. The summed E-state index contributed by atoms with van der Waals surface area (Å²) in [6.45, 7) is 1.54. The first-order chi connectivity index (χ1) is 14.1. The molecular formula is C23H18N2O3S. The van der Waals surface area contributed by atoms with Crippen LogP contribution in [-0.2, 0) is 9.53 Å². The number of nitrogens with zero attached hydrogens (tertiary/aromatic N) is 1. The molecule has 1 atom stereocenters. The summed E-state index contributed by atoms with van der Waals surface area (Å²) in [5.41, 5.74) is 1.77. The lowest BCUT2D eigenvalue weighted by Gasteiger charge is -2.13. The van der Waals surface area contributed by atoms with Crippen molar-refractivity contribution in [3.8, 4) is 10.6 Å². The Bertz CT molecular complexity index is 1170. The Morgan fingerprint density at radius 3 is 2.48 bits per heavy atom. The van der Waals surface area contributed by atoms with Gasteiger partial charge in [0.1, 0.15) is 5.01 Å². The highest BCUT2D eigenvalue weighted by molar-refractivity contribution is 7.13. The molecule has 1 N–H and O–H groups in total. The molecule has 5 nitrogen and oxygen atoms in total. The van der Waals surface area contributed by atoms with Gasteiger partial charge in [0.2, 0.25) is 0 Å². The van der Waals surface area contributed by atoms with Crippen LogP contribution in [0, 0.1) is 0 Å². The highest BCUT2D eigenvalue weighted by Gasteiger charge is 2.21. The topological polar surface area (TPSA) is 68.3 Å². The summed E-state index contributed by atoms with van der Waals surface area (Å²) < 4.78 is 5.30. The lowest BCUT2D eigenvalue weighted by molar-refractivity contribution is -0.123. The molecule has 0 saturated heterocycles. The Labute approximate surface area is 172 Å². The third-order valence-corrected chi connectivity index (χ3v) is 5.30. The second-order valence-corrected chi connectivity index (χ2v) is 7.36. The fourth-order valence-electron chi connectivity index (χ4n) is 2.87. The molecule has 3 aromatic carbocycles. The molecule has 0 spiro atoms. The van der Waals surface area contributed by atoms with Crippen molar-refractivity contribution < 1.29 is 14.3 Å². The van der Waals surface area contributed by atoms with Gasteiger partial charge in [-0.25, -0.2) is 9.78 Å². The Morgan fingerprint density at radius 1 is 0.966 bits per heavy atom. The van der Waals surface area contributed by atoms with Gasteiger partial charge in [-0.1, -0.05) is 60.7 Å². The molecule has 4 aromatic rings. The minimum atomic E-state index is -0.948. The number of amides is 1. The molecule has 1 aromatic heterocycles. The maximum absolute atomic E-state index is 12.4. The van der Waals surface area contributed by atoms with Gasteiger partial charge in [0.05, 0.1) is 0 Å². The van der Waals surface area contributed by atoms with Crippen LogP contribution in [0.2, 0.25) is 0 Å². The highest BCUT2D eigenvalue weighted by Crippen LogP contribution is 2.24. The Balaban J connectivity index is 1.40. The van der Waals surface area contributed by atoms with E-state index in [9.17, 15) is 9.59 Å². The van der Waals surface area contributed by atoms with Crippen LogP contribution in [0.15, 0.2) is 78.2 Å². The lowest BCUT2D eigenvalue weighted by atomic mass is 10.1. The number of fused-ring (bicyclic) bond motifs is 1.